The second kappa shape index (κ2) is 9.47. The van der Waals surface area contributed by atoms with Crippen molar-refractivity contribution in [2.75, 3.05) is 12.0 Å². The standard InChI is InChI=1S/C22H22N4O7/c1-4-19(27)25(23-21(29)14-7-5-6-8-15(14)26(31)32)17-12-20(28)24(22(17)30)16-11-13(2)9-10-18(16)33-3/h5-11,17H,4,12H2,1-3H3,(H,23,29). The average Bonchev–Trinajstić information content (AvgIpc) is 3.09. The molecular weight excluding hydrogens is 432 g/mol. The Labute approximate surface area is 189 Å². The molecule has 1 aliphatic rings. The molecule has 2 aromatic rings. The number of benzene rings is 2. The van der Waals surface area contributed by atoms with Crippen LogP contribution in [0.4, 0.5) is 11.4 Å². The van der Waals surface area contributed by atoms with Crippen molar-refractivity contribution in [3.63, 3.8) is 0 Å². The van der Waals surface area contributed by atoms with E-state index >= 15 is 0 Å². The van der Waals surface area contributed by atoms with Gasteiger partial charge in [-0.2, -0.15) is 0 Å². The molecule has 1 fully saturated rings. The molecule has 1 N–H and O–H groups in total. The van der Waals surface area contributed by atoms with Gasteiger partial charge < -0.3 is 4.74 Å². The number of hydrogen-bond acceptors (Lipinski definition) is 7. The first-order valence-corrected chi connectivity index (χ1v) is 10.1. The van der Waals surface area contributed by atoms with E-state index in [2.05, 4.69) is 5.43 Å². The van der Waals surface area contributed by atoms with Gasteiger partial charge in [0.15, 0.2) is 0 Å². The maximum absolute atomic E-state index is 13.2. The summed E-state index contributed by atoms with van der Waals surface area (Å²) in [6.45, 7) is 3.31. The number of ether oxygens (including phenoxy) is 1. The van der Waals surface area contributed by atoms with E-state index in [9.17, 15) is 29.3 Å². The third kappa shape index (κ3) is 4.52. The summed E-state index contributed by atoms with van der Waals surface area (Å²) < 4.78 is 5.27. The molecule has 1 heterocycles. The zero-order valence-electron chi connectivity index (χ0n) is 18.2. The predicted molar refractivity (Wildman–Crippen MR) is 116 cm³/mol. The average molecular weight is 454 g/mol. The Morgan fingerprint density at radius 1 is 1.24 bits per heavy atom. The molecule has 3 rings (SSSR count). The fourth-order valence-corrected chi connectivity index (χ4v) is 3.52. The SMILES string of the molecule is CCC(=O)N(NC(=O)c1ccccc1[N+](=O)[O-])C1CC(=O)N(c2cc(C)ccc2OC)C1=O. The molecule has 1 saturated heterocycles. The summed E-state index contributed by atoms with van der Waals surface area (Å²) in [6, 6.07) is 8.87. The van der Waals surface area contributed by atoms with Gasteiger partial charge in [0.25, 0.3) is 17.5 Å². The molecule has 0 bridgehead atoms. The number of amides is 4. The highest BCUT2D eigenvalue weighted by atomic mass is 16.6. The fraction of sp³-hybridized carbons (Fsp3) is 0.273. The number of nitrogens with one attached hydrogen (secondary N) is 1. The Hall–Kier alpha value is -4.28. The predicted octanol–water partition coefficient (Wildman–Crippen LogP) is 2.13. The van der Waals surface area contributed by atoms with E-state index in [1.165, 1.54) is 32.2 Å². The van der Waals surface area contributed by atoms with Gasteiger partial charge in [-0.15, -0.1) is 0 Å². The highest BCUT2D eigenvalue weighted by Crippen LogP contribution is 2.34. The normalized spacial score (nSPS) is 15.4. The van der Waals surface area contributed by atoms with Crippen molar-refractivity contribution in [1.29, 1.82) is 0 Å². The Morgan fingerprint density at radius 3 is 2.58 bits per heavy atom. The number of hydrazine groups is 1. The van der Waals surface area contributed by atoms with E-state index in [1.54, 1.807) is 25.1 Å². The van der Waals surface area contributed by atoms with Crippen molar-refractivity contribution in [3.8, 4) is 5.75 Å². The van der Waals surface area contributed by atoms with Crippen LogP contribution in [0, 0.1) is 17.0 Å². The van der Waals surface area contributed by atoms with Crippen LogP contribution in [-0.4, -0.2) is 46.7 Å². The maximum atomic E-state index is 13.2. The first-order chi connectivity index (χ1) is 15.7. The van der Waals surface area contributed by atoms with Crippen LogP contribution in [0.2, 0.25) is 0 Å². The molecule has 2 aromatic carbocycles. The van der Waals surface area contributed by atoms with Crippen LogP contribution in [0.5, 0.6) is 5.75 Å². The second-order valence-electron chi connectivity index (χ2n) is 7.30. The summed E-state index contributed by atoms with van der Waals surface area (Å²) in [5.74, 6) is -2.60. The summed E-state index contributed by atoms with van der Waals surface area (Å²) in [5, 5.41) is 12.0. The molecule has 0 aliphatic carbocycles. The number of hydrogen-bond donors (Lipinski definition) is 1. The van der Waals surface area contributed by atoms with Crippen LogP contribution in [-0.2, 0) is 14.4 Å². The quantitative estimate of drug-likeness (QED) is 0.401. The first kappa shape index (κ1) is 23.4. The number of imide groups is 1. The molecule has 33 heavy (non-hydrogen) atoms. The number of para-hydroxylation sites is 1. The lowest BCUT2D eigenvalue weighted by molar-refractivity contribution is -0.385. The number of nitro groups is 1. The Kier molecular flexibility index (Phi) is 6.71. The molecule has 1 unspecified atom stereocenters. The minimum absolute atomic E-state index is 0.0805. The second-order valence-corrected chi connectivity index (χ2v) is 7.30. The van der Waals surface area contributed by atoms with Gasteiger partial charge in [-0.25, -0.2) is 9.91 Å². The lowest BCUT2D eigenvalue weighted by Gasteiger charge is -2.27. The molecule has 1 aliphatic heterocycles. The topological polar surface area (TPSA) is 139 Å². The van der Waals surface area contributed by atoms with Crippen molar-refractivity contribution in [1.82, 2.24) is 10.4 Å². The largest absolute Gasteiger partial charge is 0.495 e. The number of carbonyl (C=O) groups excluding carboxylic acids is 4. The van der Waals surface area contributed by atoms with E-state index in [4.69, 9.17) is 4.74 Å². The Balaban J connectivity index is 1.95. The van der Waals surface area contributed by atoms with Gasteiger partial charge in [0.1, 0.15) is 17.4 Å². The lowest BCUT2D eigenvalue weighted by Crippen LogP contribution is -2.54. The third-order valence-electron chi connectivity index (χ3n) is 5.15. The van der Waals surface area contributed by atoms with E-state index in [-0.39, 0.29) is 24.1 Å². The molecule has 4 amide bonds. The molecule has 11 heteroatoms. The smallest absolute Gasteiger partial charge is 0.282 e. The first-order valence-electron chi connectivity index (χ1n) is 10.1. The monoisotopic (exact) mass is 454 g/mol. The molecule has 0 radical (unpaired) electrons. The van der Waals surface area contributed by atoms with Gasteiger partial charge in [0.05, 0.1) is 24.1 Å². The van der Waals surface area contributed by atoms with Crippen LogP contribution in [0.15, 0.2) is 42.5 Å². The molecule has 0 saturated carbocycles. The molecule has 172 valence electrons. The van der Waals surface area contributed by atoms with Crippen LogP contribution in [0.25, 0.3) is 0 Å². The van der Waals surface area contributed by atoms with Crippen molar-refractivity contribution in [2.45, 2.75) is 32.7 Å². The van der Waals surface area contributed by atoms with Gasteiger partial charge >= 0.3 is 0 Å². The van der Waals surface area contributed by atoms with Crippen LogP contribution in [0.3, 0.4) is 0 Å². The highest BCUT2D eigenvalue weighted by Gasteiger charge is 2.46. The molecule has 0 spiro atoms. The molecular formula is C22H22N4O7. The zero-order chi connectivity index (χ0) is 24.3. The molecule has 11 nitrogen and oxygen atoms in total. The van der Waals surface area contributed by atoms with Crippen molar-refractivity contribution in [2.24, 2.45) is 0 Å². The Morgan fingerprint density at radius 2 is 1.94 bits per heavy atom. The van der Waals surface area contributed by atoms with Crippen LogP contribution < -0.4 is 15.1 Å². The van der Waals surface area contributed by atoms with Gasteiger partial charge in [0, 0.05) is 12.5 Å². The van der Waals surface area contributed by atoms with E-state index < -0.39 is 40.3 Å². The summed E-state index contributed by atoms with van der Waals surface area (Å²) in [7, 11) is 1.40. The summed E-state index contributed by atoms with van der Waals surface area (Å²) >= 11 is 0. The van der Waals surface area contributed by atoms with Crippen molar-refractivity contribution >= 4 is 35.0 Å². The summed E-state index contributed by atoms with van der Waals surface area (Å²) in [4.78, 5) is 62.9. The number of carbonyl (C=O) groups is 4. The summed E-state index contributed by atoms with van der Waals surface area (Å²) in [5.41, 5.74) is 2.55. The minimum Gasteiger partial charge on any atom is -0.495 e. The van der Waals surface area contributed by atoms with Crippen molar-refractivity contribution in [3.05, 3.63) is 63.7 Å². The van der Waals surface area contributed by atoms with Gasteiger partial charge in [-0.05, 0) is 30.7 Å². The van der Waals surface area contributed by atoms with Crippen LogP contribution in [0.1, 0.15) is 35.7 Å². The van der Waals surface area contributed by atoms with E-state index in [1.807, 2.05) is 0 Å². The van der Waals surface area contributed by atoms with Gasteiger partial charge in [-0.1, -0.05) is 25.1 Å². The number of rotatable bonds is 6. The lowest BCUT2D eigenvalue weighted by atomic mass is 10.1. The number of anilines is 1. The van der Waals surface area contributed by atoms with Gasteiger partial charge in [0.2, 0.25) is 11.8 Å². The number of nitrogens with zero attached hydrogens (tertiary/aromatic N) is 3. The summed E-state index contributed by atoms with van der Waals surface area (Å²) in [6.07, 6.45) is -0.457. The Bertz CT molecular complexity index is 1150. The maximum Gasteiger partial charge on any atom is 0.282 e. The van der Waals surface area contributed by atoms with E-state index in [0.29, 0.717) is 5.75 Å². The molecule has 1 atom stereocenters. The van der Waals surface area contributed by atoms with Crippen molar-refractivity contribution < 1.29 is 28.8 Å². The number of nitro benzene ring substituents is 1. The number of aryl methyl sites for hydroxylation is 1. The highest BCUT2D eigenvalue weighted by molar-refractivity contribution is 6.23. The fourth-order valence-electron chi connectivity index (χ4n) is 3.52. The van der Waals surface area contributed by atoms with Gasteiger partial charge in [-0.3, -0.25) is 34.7 Å². The zero-order valence-corrected chi connectivity index (χ0v) is 18.2. The van der Waals surface area contributed by atoms with Crippen LogP contribution >= 0.6 is 0 Å². The van der Waals surface area contributed by atoms with E-state index in [0.717, 1.165) is 21.5 Å². The number of methoxy groups -OCH3 is 1. The third-order valence-corrected chi connectivity index (χ3v) is 5.15. The minimum atomic E-state index is -1.32. The molecule has 0 aromatic heterocycles.